The van der Waals surface area contributed by atoms with Gasteiger partial charge in [-0.3, -0.25) is 9.59 Å². The third-order valence-corrected chi connectivity index (χ3v) is 7.81. The number of ether oxygens (including phenoxy) is 1. The second kappa shape index (κ2) is 13.3. The Hall–Kier alpha value is -2.57. The van der Waals surface area contributed by atoms with Crippen molar-refractivity contribution in [1.82, 2.24) is 15.1 Å². The molecule has 0 aromatic heterocycles. The van der Waals surface area contributed by atoms with Gasteiger partial charge in [0.15, 0.2) is 0 Å². The first-order chi connectivity index (χ1) is 17.4. The lowest BCUT2D eigenvalue weighted by Crippen LogP contribution is -2.45. The molecule has 7 heteroatoms. The highest BCUT2D eigenvalue weighted by atomic mass is 35.5. The van der Waals surface area contributed by atoms with Gasteiger partial charge in [-0.05, 0) is 68.0 Å². The molecular formula is C30H42ClN3O3. The summed E-state index contributed by atoms with van der Waals surface area (Å²) in [6, 6.07) is 18.3. The fraction of sp³-hybridized carbons (Fsp3) is 0.533. The van der Waals surface area contributed by atoms with Gasteiger partial charge in [0.25, 0.3) is 0 Å². The number of piperidine rings is 1. The minimum absolute atomic E-state index is 0. The summed E-state index contributed by atoms with van der Waals surface area (Å²) in [5.41, 5.74) is 2.10. The van der Waals surface area contributed by atoms with E-state index in [9.17, 15) is 9.59 Å². The molecule has 2 fully saturated rings. The van der Waals surface area contributed by atoms with Crippen LogP contribution in [0, 0.1) is 11.3 Å². The van der Waals surface area contributed by atoms with Crippen LogP contribution in [-0.4, -0.2) is 54.9 Å². The van der Waals surface area contributed by atoms with Gasteiger partial charge in [-0.25, -0.2) is 0 Å². The van der Waals surface area contributed by atoms with E-state index in [0.717, 1.165) is 68.7 Å². The number of rotatable bonds is 10. The number of hydrogen-bond donors (Lipinski definition) is 1. The van der Waals surface area contributed by atoms with Crippen molar-refractivity contribution in [3.05, 3.63) is 65.7 Å². The summed E-state index contributed by atoms with van der Waals surface area (Å²) in [6.45, 7) is 8.44. The van der Waals surface area contributed by atoms with Crippen LogP contribution in [0.4, 0.5) is 0 Å². The smallest absolute Gasteiger partial charge is 0.229 e. The molecule has 0 saturated carbocycles. The first-order valence-corrected chi connectivity index (χ1v) is 13.4. The number of likely N-dealkylation sites (tertiary alicyclic amines) is 2. The number of hydrogen-bond acceptors (Lipinski definition) is 4. The Morgan fingerprint density at radius 2 is 1.65 bits per heavy atom. The predicted molar refractivity (Wildman–Crippen MR) is 150 cm³/mol. The van der Waals surface area contributed by atoms with Crippen molar-refractivity contribution in [2.24, 2.45) is 11.3 Å². The molecule has 2 amide bonds. The molecule has 0 bridgehead atoms. The van der Waals surface area contributed by atoms with Crippen molar-refractivity contribution >= 4 is 24.2 Å². The van der Waals surface area contributed by atoms with Crippen molar-refractivity contribution in [1.29, 1.82) is 0 Å². The van der Waals surface area contributed by atoms with Crippen LogP contribution < -0.4 is 10.1 Å². The molecule has 0 radical (unpaired) electrons. The van der Waals surface area contributed by atoms with E-state index in [-0.39, 0.29) is 29.8 Å². The van der Waals surface area contributed by atoms with Crippen LogP contribution in [0.15, 0.2) is 54.6 Å². The number of halogens is 1. The van der Waals surface area contributed by atoms with Crippen LogP contribution in [0.25, 0.3) is 0 Å². The zero-order valence-corrected chi connectivity index (χ0v) is 23.3. The van der Waals surface area contributed by atoms with Gasteiger partial charge in [0.1, 0.15) is 5.75 Å². The Kier molecular flexibility index (Phi) is 10.4. The maximum atomic E-state index is 13.4. The number of nitrogens with one attached hydrogen (secondary N) is 1. The SMILES string of the molecule is COc1ccc(CN2CCC3(CCN(CCC(NC(=O)CC(C)C)c4ccccc4)CC3)C2=O)cc1.Cl. The number of carbonyl (C=O) groups excluding carboxylic acids is 2. The Morgan fingerprint density at radius 3 is 2.27 bits per heavy atom. The van der Waals surface area contributed by atoms with Gasteiger partial charge in [0, 0.05) is 26.1 Å². The summed E-state index contributed by atoms with van der Waals surface area (Å²) in [6.07, 6.45) is 4.21. The lowest BCUT2D eigenvalue weighted by molar-refractivity contribution is -0.139. The van der Waals surface area contributed by atoms with Crippen LogP contribution in [0.1, 0.15) is 63.1 Å². The number of benzene rings is 2. The average Bonchev–Trinajstić information content (AvgIpc) is 3.18. The van der Waals surface area contributed by atoms with Crippen molar-refractivity contribution in [2.75, 3.05) is 33.3 Å². The minimum Gasteiger partial charge on any atom is -0.497 e. The molecule has 2 aromatic rings. The summed E-state index contributed by atoms with van der Waals surface area (Å²) in [5, 5.41) is 3.26. The number of amides is 2. The number of nitrogens with zero attached hydrogens (tertiary/aromatic N) is 2. The van der Waals surface area contributed by atoms with Crippen LogP contribution in [-0.2, 0) is 16.1 Å². The average molecular weight is 528 g/mol. The van der Waals surface area contributed by atoms with Crippen molar-refractivity contribution in [2.45, 2.75) is 58.5 Å². The van der Waals surface area contributed by atoms with Crippen LogP contribution in [0.3, 0.4) is 0 Å². The molecule has 2 heterocycles. The van der Waals surface area contributed by atoms with E-state index in [0.29, 0.717) is 24.8 Å². The highest BCUT2D eigenvalue weighted by Crippen LogP contribution is 2.42. The van der Waals surface area contributed by atoms with Crippen LogP contribution in [0.5, 0.6) is 5.75 Å². The van der Waals surface area contributed by atoms with Crippen LogP contribution in [0.2, 0.25) is 0 Å². The van der Waals surface area contributed by atoms with Gasteiger partial charge in [0.05, 0.1) is 18.6 Å². The molecule has 4 rings (SSSR count). The van der Waals surface area contributed by atoms with Gasteiger partial charge in [-0.2, -0.15) is 0 Å². The normalized spacial score (nSPS) is 18.1. The lowest BCUT2D eigenvalue weighted by atomic mass is 9.77. The Balaban J connectivity index is 0.00000380. The minimum atomic E-state index is -0.201. The molecule has 2 saturated heterocycles. The zero-order valence-electron chi connectivity index (χ0n) is 22.4. The molecule has 2 aliphatic rings. The van der Waals surface area contributed by atoms with E-state index >= 15 is 0 Å². The third kappa shape index (κ3) is 7.48. The van der Waals surface area contributed by atoms with Crippen molar-refractivity contribution in [3.8, 4) is 5.75 Å². The van der Waals surface area contributed by atoms with E-state index in [2.05, 4.69) is 36.2 Å². The fourth-order valence-electron chi connectivity index (χ4n) is 5.61. The maximum absolute atomic E-state index is 13.4. The lowest BCUT2D eigenvalue weighted by Gasteiger charge is -2.38. The summed E-state index contributed by atoms with van der Waals surface area (Å²) >= 11 is 0. The molecule has 1 spiro atoms. The van der Waals surface area contributed by atoms with Crippen LogP contribution >= 0.6 is 12.4 Å². The largest absolute Gasteiger partial charge is 0.497 e. The highest BCUT2D eigenvalue weighted by Gasteiger charge is 2.47. The zero-order chi connectivity index (χ0) is 25.5. The van der Waals surface area contributed by atoms with Crippen molar-refractivity contribution in [3.63, 3.8) is 0 Å². The molecule has 202 valence electrons. The third-order valence-electron chi connectivity index (χ3n) is 7.81. The standard InChI is InChI=1S/C30H41N3O3.ClH/c1-23(2)21-28(34)31-27(25-7-5-4-6-8-25)13-17-32-18-14-30(15-19-32)16-20-33(29(30)35)22-24-9-11-26(36-3)12-10-24;/h4-12,23,27H,13-22H2,1-3H3,(H,31,34);1H. The molecule has 1 N–H and O–H groups in total. The van der Waals surface area contributed by atoms with Gasteiger partial charge in [-0.15, -0.1) is 12.4 Å². The summed E-state index contributed by atoms with van der Waals surface area (Å²) in [4.78, 5) is 30.4. The quantitative estimate of drug-likeness (QED) is 0.460. The summed E-state index contributed by atoms with van der Waals surface area (Å²) in [7, 11) is 1.67. The molecule has 1 unspecified atom stereocenters. The first-order valence-electron chi connectivity index (χ1n) is 13.4. The molecular weight excluding hydrogens is 486 g/mol. The van der Waals surface area contributed by atoms with Gasteiger partial charge < -0.3 is 19.9 Å². The van der Waals surface area contributed by atoms with Gasteiger partial charge in [0.2, 0.25) is 11.8 Å². The highest BCUT2D eigenvalue weighted by molar-refractivity contribution is 5.85. The van der Waals surface area contributed by atoms with Crippen molar-refractivity contribution < 1.29 is 14.3 Å². The van der Waals surface area contributed by atoms with E-state index in [4.69, 9.17) is 4.74 Å². The van der Waals surface area contributed by atoms with E-state index in [1.54, 1.807) is 7.11 Å². The number of carbonyl (C=O) groups is 2. The summed E-state index contributed by atoms with van der Waals surface area (Å²) in [5.74, 6) is 1.61. The van der Waals surface area contributed by atoms with E-state index in [1.807, 2.05) is 47.4 Å². The first kappa shape index (κ1) is 29.0. The molecule has 2 aliphatic heterocycles. The second-order valence-electron chi connectivity index (χ2n) is 10.9. The fourth-order valence-corrected chi connectivity index (χ4v) is 5.61. The monoisotopic (exact) mass is 527 g/mol. The Bertz CT molecular complexity index is 1000. The summed E-state index contributed by atoms with van der Waals surface area (Å²) < 4.78 is 5.25. The maximum Gasteiger partial charge on any atom is 0.229 e. The number of methoxy groups -OCH3 is 1. The Morgan fingerprint density at radius 1 is 1.00 bits per heavy atom. The molecule has 0 aliphatic carbocycles. The molecule has 2 aromatic carbocycles. The second-order valence-corrected chi connectivity index (χ2v) is 10.9. The van der Waals surface area contributed by atoms with Gasteiger partial charge in [-0.1, -0.05) is 56.3 Å². The Labute approximate surface area is 228 Å². The predicted octanol–water partition coefficient (Wildman–Crippen LogP) is 5.23. The van der Waals surface area contributed by atoms with E-state index in [1.165, 1.54) is 0 Å². The molecule has 37 heavy (non-hydrogen) atoms. The van der Waals surface area contributed by atoms with E-state index < -0.39 is 0 Å². The van der Waals surface area contributed by atoms with Gasteiger partial charge >= 0.3 is 0 Å². The molecule has 6 nitrogen and oxygen atoms in total. The topological polar surface area (TPSA) is 61.9 Å². The molecule has 1 atom stereocenters.